The predicted octanol–water partition coefficient (Wildman–Crippen LogP) is 6.29. The Bertz CT molecular complexity index is 1040. The van der Waals surface area contributed by atoms with Crippen molar-refractivity contribution in [1.82, 2.24) is 9.47 Å². The molecule has 3 aromatic rings. The van der Waals surface area contributed by atoms with E-state index in [0.29, 0.717) is 6.54 Å². The molecule has 3 heterocycles. The lowest BCUT2D eigenvalue weighted by atomic mass is 9.95. The van der Waals surface area contributed by atoms with Gasteiger partial charge in [-0.1, -0.05) is 15.9 Å². The zero-order valence-electron chi connectivity index (χ0n) is 15.7. The van der Waals surface area contributed by atoms with Crippen LogP contribution in [0.2, 0.25) is 0 Å². The first kappa shape index (κ1) is 18.0. The van der Waals surface area contributed by atoms with Crippen molar-refractivity contribution in [3.63, 3.8) is 0 Å². The van der Waals surface area contributed by atoms with E-state index in [4.69, 9.17) is 0 Å². The smallest absolute Gasteiger partial charge is 0.312 e. The van der Waals surface area contributed by atoms with Gasteiger partial charge in [-0.05, 0) is 74.6 Å². The lowest BCUT2D eigenvalue weighted by Gasteiger charge is -2.28. The van der Waals surface area contributed by atoms with Gasteiger partial charge in [0.1, 0.15) is 5.00 Å². The molecule has 0 saturated carbocycles. The number of thiophene rings is 1. The molecule has 0 unspecified atom stereocenters. The summed E-state index contributed by atoms with van der Waals surface area (Å²) in [6.07, 6.45) is 6.96. The highest BCUT2D eigenvalue weighted by Gasteiger charge is 2.32. The highest BCUT2D eigenvalue weighted by atomic mass is 79.9. The third-order valence-corrected chi connectivity index (χ3v) is 7.70. The van der Waals surface area contributed by atoms with Crippen molar-refractivity contribution in [2.75, 3.05) is 5.32 Å². The second-order valence-electron chi connectivity index (χ2n) is 7.54. The Hall–Kier alpha value is -2.05. The Morgan fingerprint density at radius 1 is 1.14 bits per heavy atom. The Morgan fingerprint density at radius 2 is 1.93 bits per heavy atom. The molecule has 0 saturated heterocycles. The highest BCUT2D eigenvalue weighted by molar-refractivity contribution is 9.10. The summed E-state index contributed by atoms with van der Waals surface area (Å²) in [7, 11) is 0. The Labute approximate surface area is 177 Å². The first-order valence-electron chi connectivity index (χ1n) is 9.76. The van der Waals surface area contributed by atoms with Crippen LogP contribution in [-0.4, -0.2) is 15.5 Å². The Kier molecular flexibility index (Phi) is 4.56. The van der Waals surface area contributed by atoms with Gasteiger partial charge in [0, 0.05) is 32.5 Å². The largest absolute Gasteiger partial charge is 0.322 e. The minimum atomic E-state index is -0.0498. The summed E-state index contributed by atoms with van der Waals surface area (Å²) in [4.78, 5) is 16.7. The van der Waals surface area contributed by atoms with Gasteiger partial charge in [-0.25, -0.2) is 4.79 Å². The van der Waals surface area contributed by atoms with Crippen LogP contribution in [0.15, 0.2) is 47.1 Å². The van der Waals surface area contributed by atoms with Crippen LogP contribution in [0.1, 0.15) is 47.5 Å². The van der Waals surface area contributed by atoms with Crippen LogP contribution in [0.4, 0.5) is 10.5 Å². The molecule has 1 aromatic carbocycles. The standard InChI is InChI=1S/C22H22BrN3OS/c1-14-19-6-4-12-25(19)21-18(17-5-2-3-7-20(17)28-21)13-26(14)22(27)24-16-10-8-15(23)9-11-16/h4,6,8-12,14H,2-3,5,7,13H2,1H3,(H,24,27)/t14-/m1/s1. The molecule has 144 valence electrons. The number of fused-ring (bicyclic) bond motifs is 5. The number of hydrogen-bond acceptors (Lipinski definition) is 2. The zero-order valence-corrected chi connectivity index (χ0v) is 18.1. The van der Waals surface area contributed by atoms with Crippen LogP contribution in [0.3, 0.4) is 0 Å². The van der Waals surface area contributed by atoms with E-state index >= 15 is 0 Å². The summed E-state index contributed by atoms with van der Waals surface area (Å²) in [5.41, 5.74) is 4.81. The fourth-order valence-electron chi connectivity index (χ4n) is 4.34. The molecule has 1 aliphatic carbocycles. The number of nitrogens with zero attached hydrogens (tertiary/aromatic N) is 2. The molecule has 2 amide bonds. The summed E-state index contributed by atoms with van der Waals surface area (Å²) in [6.45, 7) is 2.78. The van der Waals surface area contributed by atoms with Crippen LogP contribution < -0.4 is 5.32 Å². The van der Waals surface area contributed by atoms with E-state index in [0.717, 1.165) is 16.6 Å². The Balaban J connectivity index is 1.54. The summed E-state index contributed by atoms with van der Waals surface area (Å²) in [5.74, 6) is 0. The van der Waals surface area contributed by atoms with Crippen molar-refractivity contribution in [1.29, 1.82) is 0 Å². The predicted molar refractivity (Wildman–Crippen MR) is 117 cm³/mol. The first-order valence-corrected chi connectivity index (χ1v) is 11.4. The molecule has 1 atom stereocenters. The normalized spacial score (nSPS) is 18.1. The van der Waals surface area contributed by atoms with Gasteiger partial charge in [-0.15, -0.1) is 11.3 Å². The third-order valence-electron chi connectivity index (χ3n) is 5.84. The first-order chi connectivity index (χ1) is 13.6. The van der Waals surface area contributed by atoms with Crippen LogP contribution >= 0.6 is 27.3 Å². The van der Waals surface area contributed by atoms with Crippen LogP contribution in [0, 0.1) is 0 Å². The van der Waals surface area contributed by atoms with Crippen molar-refractivity contribution in [2.24, 2.45) is 0 Å². The molecule has 28 heavy (non-hydrogen) atoms. The third kappa shape index (κ3) is 2.99. The number of hydrogen-bond donors (Lipinski definition) is 1. The summed E-state index contributed by atoms with van der Waals surface area (Å²) in [5, 5.41) is 4.39. The summed E-state index contributed by atoms with van der Waals surface area (Å²) < 4.78 is 3.30. The van der Waals surface area contributed by atoms with Crippen molar-refractivity contribution in [2.45, 2.75) is 45.2 Å². The minimum absolute atomic E-state index is 0.00397. The number of halogens is 1. The number of carbonyl (C=O) groups excluding carboxylic acids is 1. The molecule has 0 radical (unpaired) electrons. The monoisotopic (exact) mass is 455 g/mol. The Morgan fingerprint density at radius 3 is 2.75 bits per heavy atom. The molecule has 0 spiro atoms. The number of carbonyl (C=O) groups is 1. The van der Waals surface area contributed by atoms with Gasteiger partial charge in [-0.3, -0.25) is 0 Å². The van der Waals surface area contributed by atoms with E-state index < -0.39 is 0 Å². The van der Waals surface area contributed by atoms with E-state index in [-0.39, 0.29) is 12.1 Å². The number of anilines is 1. The molecule has 0 fully saturated rings. The van der Waals surface area contributed by atoms with Crippen molar-refractivity contribution < 1.29 is 4.79 Å². The van der Waals surface area contributed by atoms with Crippen molar-refractivity contribution in [3.8, 4) is 5.00 Å². The molecular formula is C22H22BrN3OS. The molecule has 0 bridgehead atoms. The van der Waals surface area contributed by atoms with Gasteiger partial charge in [0.15, 0.2) is 0 Å². The zero-order chi connectivity index (χ0) is 19.3. The minimum Gasteiger partial charge on any atom is -0.312 e. The number of nitrogens with one attached hydrogen (secondary N) is 1. The van der Waals surface area contributed by atoms with E-state index in [1.165, 1.54) is 46.0 Å². The maximum Gasteiger partial charge on any atom is 0.322 e. The van der Waals surface area contributed by atoms with Gasteiger partial charge < -0.3 is 14.8 Å². The van der Waals surface area contributed by atoms with Crippen LogP contribution in [0.5, 0.6) is 0 Å². The van der Waals surface area contributed by atoms with Crippen molar-refractivity contribution in [3.05, 3.63) is 68.8 Å². The second kappa shape index (κ2) is 7.08. The van der Waals surface area contributed by atoms with Gasteiger partial charge in [0.25, 0.3) is 0 Å². The van der Waals surface area contributed by atoms with Crippen LogP contribution in [-0.2, 0) is 19.4 Å². The van der Waals surface area contributed by atoms with Gasteiger partial charge in [0.05, 0.1) is 12.6 Å². The molecule has 5 rings (SSSR count). The number of aromatic nitrogens is 1. The number of aryl methyl sites for hydroxylation is 1. The van der Waals surface area contributed by atoms with Crippen LogP contribution in [0.25, 0.3) is 5.00 Å². The molecule has 2 aliphatic rings. The van der Waals surface area contributed by atoms with Gasteiger partial charge in [0.2, 0.25) is 0 Å². The molecule has 6 heteroatoms. The average molecular weight is 456 g/mol. The lowest BCUT2D eigenvalue weighted by Crippen LogP contribution is -2.36. The van der Waals surface area contributed by atoms with E-state index in [2.05, 4.69) is 51.1 Å². The van der Waals surface area contributed by atoms with E-state index in [9.17, 15) is 4.79 Å². The van der Waals surface area contributed by atoms with Gasteiger partial charge in [-0.2, -0.15) is 0 Å². The summed E-state index contributed by atoms with van der Waals surface area (Å²) in [6, 6.07) is 11.9. The SMILES string of the molecule is C[C@@H]1c2cccn2-c2sc3c(c2CN1C(=O)Nc1ccc(Br)cc1)CCCC3. The number of rotatable bonds is 1. The topological polar surface area (TPSA) is 37.3 Å². The van der Waals surface area contributed by atoms with E-state index in [1.54, 1.807) is 0 Å². The number of urea groups is 1. The fourth-order valence-corrected chi connectivity index (χ4v) is 6.01. The fraction of sp³-hybridized carbons (Fsp3) is 0.318. The lowest BCUT2D eigenvalue weighted by molar-refractivity contribution is 0.189. The second-order valence-corrected chi connectivity index (χ2v) is 9.54. The molecule has 4 nitrogen and oxygen atoms in total. The quantitative estimate of drug-likeness (QED) is 0.459. The molecule has 1 N–H and O–H groups in total. The highest BCUT2D eigenvalue weighted by Crippen LogP contribution is 2.42. The van der Waals surface area contributed by atoms with Crippen molar-refractivity contribution >= 4 is 39.0 Å². The molecular weight excluding hydrogens is 434 g/mol. The maximum absolute atomic E-state index is 13.2. The molecule has 1 aliphatic heterocycles. The average Bonchev–Trinajstić information content (AvgIpc) is 3.29. The van der Waals surface area contributed by atoms with E-state index in [1.807, 2.05) is 40.5 Å². The molecule has 2 aromatic heterocycles. The number of amides is 2. The number of benzene rings is 1. The maximum atomic E-state index is 13.2. The van der Waals surface area contributed by atoms with Gasteiger partial charge >= 0.3 is 6.03 Å². The summed E-state index contributed by atoms with van der Waals surface area (Å²) >= 11 is 5.36.